The van der Waals surface area contributed by atoms with Crippen LogP contribution in [0.4, 0.5) is 11.4 Å². The monoisotopic (exact) mass is 565 g/mol. The van der Waals surface area contributed by atoms with Crippen LogP contribution in [0.3, 0.4) is 0 Å². The molecule has 12 heteroatoms. The molecule has 0 spiro atoms. The minimum Gasteiger partial charge on any atom is -0.512 e. The molecular formula is C29H43N9O3. The van der Waals surface area contributed by atoms with E-state index >= 15 is 0 Å². The Hall–Kier alpha value is -4.00. The smallest absolute Gasteiger partial charge is 0.280 e. The van der Waals surface area contributed by atoms with Crippen LogP contribution in [0.1, 0.15) is 48.8 Å². The molecule has 1 aliphatic heterocycles. The number of anilines is 2. The number of amides is 1. The third-order valence-corrected chi connectivity index (χ3v) is 6.77. The van der Waals surface area contributed by atoms with E-state index in [1.807, 2.05) is 33.0 Å². The number of hydrazine groups is 1. The largest absolute Gasteiger partial charge is 0.512 e. The minimum absolute atomic E-state index is 0.0152. The van der Waals surface area contributed by atoms with Gasteiger partial charge >= 0.3 is 0 Å². The number of aliphatic hydroxyl groups is 1. The number of rotatable bonds is 9. The Balaban J connectivity index is 1.77. The van der Waals surface area contributed by atoms with Gasteiger partial charge in [0.15, 0.2) is 0 Å². The highest BCUT2D eigenvalue weighted by molar-refractivity contribution is 6.06. The molecule has 2 aromatic heterocycles. The summed E-state index contributed by atoms with van der Waals surface area (Å²) in [6.45, 7) is 12.6. The van der Waals surface area contributed by atoms with Gasteiger partial charge in [0, 0.05) is 68.9 Å². The first-order valence-electron chi connectivity index (χ1n) is 13.6. The van der Waals surface area contributed by atoms with Crippen LogP contribution in [0.5, 0.6) is 0 Å². The van der Waals surface area contributed by atoms with E-state index < -0.39 is 11.3 Å². The van der Waals surface area contributed by atoms with Crippen molar-refractivity contribution in [1.29, 1.82) is 0 Å². The van der Waals surface area contributed by atoms with Gasteiger partial charge in [-0.3, -0.25) is 24.7 Å². The number of amidine groups is 1. The van der Waals surface area contributed by atoms with Gasteiger partial charge in [0.1, 0.15) is 11.6 Å². The standard InChI is InChI=1S/C29H43N9O3/c1-20-25(14-22(17-34-20)28(40)35-27(31)15-26(39)29(2,3)4)38(32)19-24(30)21-13-23(18-33-16-21)37-8-6-7-36(9-10-37)11-12-41-5/h13-19,39H,6-12,30,32H2,1-5H3,(H2,31,35,40)/b24-19-,26-15-. The van der Waals surface area contributed by atoms with E-state index in [9.17, 15) is 9.90 Å². The number of aryl methyl sites for hydroxylation is 1. The van der Waals surface area contributed by atoms with Crippen LogP contribution in [0.25, 0.3) is 5.70 Å². The molecule has 0 saturated carbocycles. The number of nitrogens with two attached hydrogens (primary N) is 3. The third-order valence-electron chi connectivity index (χ3n) is 6.77. The number of hydrogen-bond donors (Lipinski definition) is 4. The molecule has 2 aromatic rings. The number of aliphatic hydroxyl groups excluding tert-OH is 1. The molecule has 3 heterocycles. The second-order valence-electron chi connectivity index (χ2n) is 11.0. The van der Waals surface area contributed by atoms with Gasteiger partial charge in [0.05, 0.1) is 41.1 Å². The molecule has 1 amide bonds. The molecule has 12 nitrogen and oxygen atoms in total. The van der Waals surface area contributed by atoms with Crippen LogP contribution < -0.4 is 27.2 Å². The van der Waals surface area contributed by atoms with Gasteiger partial charge in [0.25, 0.3) is 5.91 Å². The van der Waals surface area contributed by atoms with Crippen molar-refractivity contribution in [2.75, 3.05) is 56.3 Å². The maximum absolute atomic E-state index is 12.8. The molecule has 1 aliphatic rings. The van der Waals surface area contributed by atoms with Crippen LogP contribution in [0.15, 0.2) is 53.8 Å². The highest BCUT2D eigenvalue weighted by atomic mass is 16.5. The summed E-state index contributed by atoms with van der Waals surface area (Å²) in [5.41, 5.74) is 15.1. The number of allylic oxidation sites excluding steroid dienone is 1. The fourth-order valence-electron chi connectivity index (χ4n) is 4.20. The molecule has 0 aliphatic carbocycles. The van der Waals surface area contributed by atoms with Crippen LogP contribution >= 0.6 is 0 Å². The third kappa shape index (κ3) is 9.00. The lowest BCUT2D eigenvalue weighted by atomic mass is 9.93. The van der Waals surface area contributed by atoms with Crippen molar-refractivity contribution < 1.29 is 14.6 Å². The van der Waals surface area contributed by atoms with Crippen LogP contribution in [-0.4, -0.2) is 78.2 Å². The van der Waals surface area contributed by atoms with Crippen LogP contribution in [0, 0.1) is 12.3 Å². The summed E-state index contributed by atoms with van der Waals surface area (Å²) in [7, 11) is 1.72. The maximum Gasteiger partial charge on any atom is 0.280 e. The van der Waals surface area contributed by atoms with E-state index in [2.05, 4.69) is 24.8 Å². The molecule has 222 valence electrons. The van der Waals surface area contributed by atoms with Crippen LogP contribution in [-0.2, 0) is 4.74 Å². The summed E-state index contributed by atoms with van der Waals surface area (Å²) >= 11 is 0. The first kappa shape index (κ1) is 31.5. The Morgan fingerprint density at radius 1 is 1.15 bits per heavy atom. The van der Waals surface area contributed by atoms with E-state index in [1.54, 1.807) is 32.5 Å². The normalized spacial score (nSPS) is 16.0. The SMILES string of the molecule is COCCN1CCCN(c2cncc(/C(N)=C/N(N)c3cc(C(=O)N=C(N)/C=C(\O)C(C)(C)C)cnc3C)c2)CC1. The molecule has 1 saturated heterocycles. The second kappa shape index (κ2) is 14.1. The first-order chi connectivity index (χ1) is 19.4. The topological polar surface area (TPSA) is 172 Å². The number of nitrogens with zero attached hydrogens (tertiary/aromatic N) is 6. The van der Waals surface area contributed by atoms with Crippen molar-refractivity contribution in [3.05, 3.63) is 65.6 Å². The van der Waals surface area contributed by atoms with Crippen molar-refractivity contribution in [3.63, 3.8) is 0 Å². The molecule has 0 bridgehead atoms. The number of hydrogen-bond acceptors (Lipinski definition) is 10. The predicted octanol–water partition coefficient (Wildman–Crippen LogP) is 2.57. The van der Waals surface area contributed by atoms with E-state index in [0.717, 1.165) is 57.0 Å². The number of aromatic nitrogens is 2. The van der Waals surface area contributed by atoms with E-state index in [-0.39, 0.29) is 17.2 Å². The Morgan fingerprint density at radius 2 is 1.90 bits per heavy atom. The average Bonchev–Trinajstić information content (AvgIpc) is 3.17. The van der Waals surface area contributed by atoms with Gasteiger partial charge in [-0.05, 0) is 32.0 Å². The zero-order valence-corrected chi connectivity index (χ0v) is 24.7. The zero-order chi connectivity index (χ0) is 30.2. The fraction of sp³-hybridized carbons (Fsp3) is 0.448. The molecular weight excluding hydrogens is 522 g/mol. The lowest BCUT2D eigenvalue weighted by molar-refractivity contribution is 0.100. The highest BCUT2D eigenvalue weighted by Gasteiger charge is 2.18. The summed E-state index contributed by atoms with van der Waals surface area (Å²) in [6.07, 6.45) is 8.81. The Labute approximate surface area is 242 Å². The summed E-state index contributed by atoms with van der Waals surface area (Å²) in [6, 6.07) is 3.57. The van der Waals surface area contributed by atoms with Gasteiger partial charge in [0.2, 0.25) is 0 Å². The van der Waals surface area contributed by atoms with Crippen molar-refractivity contribution in [1.82, 2.24) is 14.9 Å². The van der Waals surface area contributed by atoms with Gasteiger partial charge in [-0.2, -0.15) is 4.99 Å². The molecule has 0 unspecified atom stereocenters. The quantitative estimate of drug-likeness (QED) is 0.116. The summed E-state index contributed by atoms with van der Waals surface area (Å²) in [4.78, 5) is 30.1. The summed E-state index contributed by atoms with van der Waals surface area (Å²) in [5, 5.41) is 11.5. The van der Waals surface area contributed by atoms with Gasteiger partial charge in [-0.25, -0.2) is 5.84 Å². The summed E-state index contributed by atoms with van der Waals surface area (Å²) < 4.78 is 5.22. The van der Waals surface area contributed by atoms with E-state index in [0.29, 0.717) is 17.1 Å². The first-order valence-corrected chi connectivity index (χ1v) is 13.6. The lowest BCUT2D eigenvalue weighted by Crippen LogP contribution is -2.32. The van der Waals surface area contributed by atoms with Crippen molar-refractivity contribution in [2.45, 2.75) is 34.1 Å². The van der Waals surface area contributed by atoms with Gasteiger partial charge < -0.3 is 26.2 Å². The van der Waals surface area contributed by atoms with Crippen molar-refractivity contribution in [3.8, 4) is 0 Å². The second-order valence-corrected chi connectivity index (χ2v) is 11.0. The van der Waals surface area contributed by atoms with Gasteiger partial charge in [-0.15, -0.1) is 0 Å². The average molecular weight is 566 g/mol. The van der Waals surface area contributed by atoms with Gasteiger partial charge in [-0.1, -0.05) is 20.8 Å². The number of pyridine rings is 2. The number of ether oxygens (including phenoxy) is 1. The molecule has 7 N–H and O–H groups in total. The fourth-order valence-corrected chi connectivity index (χ4v) is 4.20. The molecule has 0 aromatic carbocycles. The molecule has 0 radical (unpaired) electrons. The number of carbonyl (C=O) groups is 1. The van der Waals surface area contributed by atoms with E-state index in [1.165, 1.54) is 17.3 Å². The number of carbonyl (C=O) groups excluding carboxylic acids is 1. The Bertz CT molecular complexity index is 1300. The zero-order valence-electron chi connectivity index (χ0n) is 24.7. The molecule has 41 heavy (non-hydrogen) atoms. The molecule has 1 fully saturated rings. The van der Waals surface area contributed by atoms with Crippen LogP contribution in [0.2, 0.25) is 0 Å². The molecule has 0 atom stereocenters. The number of aliphatic imine (C=N–C) groups is 1. The Morgan fingerprint density at radius 3 is 2.61 bits per heavy atom. The maximum atomic E-state index is 12.8. The summed E-state index contributed by atoms with van der Waals surface area (Å²) in [5.74, 6) is 5.64. The Kier molecular flexibility index (Phi) is 10.8. The number of methoxy groups -OCH3 is 1. The highest BCUT2D eigenvalue weighted by Crippen LogP contribution is 2.24. The minimum atomic E-state index is -0.616. The molecule has 3 rings (SSSR count). The van der Waals surface area contributed by atoms with E-state index in [4.69, 9.17) is 22.0 Å². The predicted molar refractivity (Wildman–Crippen MR) is 163 cm³/mol. The lowest BCUT2D eigenvalue weighted by Gasteiger charge is -2.24. The van der Waals surface area contributed by atoms with Crippen molar-refractivity contribution >= 4 is 28.8 Å². The van der Waals surface area contributed by atoms with Crippen molar-refractivity contribution in [2.24, 2.45) is 27.7 Å².